The SMILES string of the molecule is CCCN(C(C)C)C1CC1C. The normalized spacial score (nSPS) is 30.0. The Balaban J connectivity index is 2.34. The van der Waals surface area contributed by atoms with Crippen molar-refractivity contribution in [2.24, 2.45) is 5.92 Å². The highest BCUT2D eigenvalue weighted by Gasteiger charge is 2.38. The fourth-order valence-corrected chi connectivity index (χ4v) is 1.83. The summed E-state index contributed by atoms with van der Waals surface area (Å²) in [5, 5.41) is 0. The summed E-state index contributed by atoms with van der Waals surface area (Å²) in [4.78, 5) is 2.64. The van der Waals surface area contributed by atoms with Crippen LogP contribution in [0.25, 0.3) is 0 Å². The predicted molar refractivity (Wildman–Crippen MR) is 49.7 cm³/mol. The molecular weight excluding hydrogens is 134 g/mol. The highest BCUT2D eigenvalue weighted by Crippen LogP contribution is 2.36. The molecule has 0 spiro atoms. The van der Waals surface area contributed by atoms with Gasteiger partial charge in [0.1, 0.15) is 0 Å². The lowest BCUT2D eigenvalue weighted by molar-refractivity contribution is 0.203. The van der Waals surface area contributed by atoms with Crippen LogP contribution in [0.2, 0.25) is 0 Å². The van der Waals surface area contributed by atoms with Crippen molar-refractivity contribution >= 4 is 0 Å². The van der Waals surface area contributed by atoms with E-state index in [2.05, 4.69) is 32.6 Å². The van der Waals surface area contributed by atoms with E-state index in [1.54, 1.807) is 0 Å². The van der Waals surface area contributed by atoms with Gasteiger partial charge < -0.3 is 0 Å². The molecule has 0 aromatic carbocycles. The summed E-state index contributed by atoms with van der Waals surface area (Å²) in [6.07, 6.45) is 2.72. The summed E-state index contributed by atoms with van der Waals surface area (Å²) in [6, 6.07) is 1.65. The van der Waals surface area contributed by atoms with Crippen LogP contribution >= 0.6 is 0 Å². The smallest absolute Gasteiger partial charge is 0.0127 e. The van der Waals surface area contributed by atoms with E-state index in [1.807, 2.05) is 0 Å². The Kier molecular flexibility index (Phi) is 2.94. The second-order valence-corrected chi connectivity index (χ2v) is 4.11. The van der Waals surface area contributed by atoms with Crippen molar-refractivity contribution in [1.29, 1.82) is 0 Å². The fraction of sp³-hybridized carbons (Fsp3) is 1.00. The Morgan fingerprint density at radius 3 is 2.27 bits per heavy atom. The molecular formula is C10H21N. The number of rotatable bonds is 4. The van der Waals surface area contributed by atoms with E-state index in [9.17, 15) is 0 Å². The largest absolute Gasteiger partial charge is 0.298 e. The summed E-state index contributed by atoms with van der Waals surface area (Å²) in [5.74, 6) is 0.962. The zero-order chi connectivity index (χ0) is 8.43. The topological polar surface area (TPSA) is 3.24 Å². The van der Waals surface area contributed by atoms with Gasteiger partial charge in [-0.1, -0.05) is 13.8 Å². The van der Waals surface area contributed by atoms with Gasteiger partial charge in [-0.15, -0.1) is 0 Å². The summed E-state index contributed by atoms with van der Waals surface area (Å²) in [6.45, 7) is 10.5. The van der Waals surface area contributed by atoms with Crippen LogP contribution in [-0.4, -0.2) is 23.5 Å². The summed E-state index contributed by atoms with van der Waals surface area (Å²) in [5.41, 5.74) is 0. The lowest BCUT2D eigenvalue weighted by Gasteiger charge is -2.26. The lowest BCUT2D eigenvalue weighted by Crippen LogP contribution is -2.34. The van der Waals surface area contributed by atoms with Gasteiger partial charge in [0.05, 0.1) is 0 Å². The van der Waals surface area contributed by atoms with Gasteiger partial charge in [-0.2, -0.15) is 0 Å². The summed E-state index contributed by atoms with van der Waals surface area (Å²) >= 11 is 0. The van der Waals surface area contributed by atoms with Crippen LogP contribution in [0.1, 0.15) is 40.5 Å². The van der Waals surface area contributed by atoms with E-state index in [1.165, 1.54) is 19.4 Å². The van der Waals surface area contributed by atoms with Crippen LogP contribution in [0.15, 0.2) is 0 Å². The fourth-order valence-electron chi connectivity index (χ4n) is 1.83. The monoisotopic (exact) mass is 155 g/mol. The average Bonchev–Trinajstić information content (AvgIpc) is 2.61. The van der Waals surface area contributed by atoms with E-state index in [4.69, 9.17) is 0 Å². The Hall–Kier alpha value is -0.0400. The molecule has 0 aromatic rings. The third-order valence-corrected chi connectivity index (χ3v) is 2.64. The molecule has 0 N–H and O–H groups in total. The zero-order valence-electron chi connectivity index (χ0n) is 8.30. The van der Waals surface area contributed by atoms with E-state index in [0.717, 1.165) is 18.0 Å². The van der Waals surface area contributed by atoms with Crippen molar-refractivity contribution in [2.45, 2.75) is 52.6 Å². The highest BCUT2D eigenvalue weighted by atomic mass is 15.2. The van der Waals surface area contributed by atoms with E-state index in [-0.39, 0.29) is 0 Å². The first-order valence-electron chi connectivity index (χ1n) is 4.92. The molecule has 0 aromatic heterocycles. The number of hydrogen-bond donors (Lipinski definition) is 0. The number of nitrogens with zero attached hydrogens (tertiary/aromatic N) is 1. The summed E-state index contributed by atoms with van der Waals surface area (Å²) < 4.78 is 0. The van der Waals surface area contributed by atoms with Crippen molar-refractivity contribution in [3.05, 3.63) is 0 Å². The molecule has 66 valence electrons. The maximum Gasteiger partial charge on any atom is 0.0127 e. The van der Waals surface area contributed by atoms with Gasteiger partial charge in [0, 0.05) is 12.1 Å². The van der Waals surface area contributed by atoms with Gasteiger partial charge in [-0.25, -0.2) is 0 Å². The highest BCUT2D eigenvalue weighted by molar-refractivity contribution is 4.92. The van der Waals surface area contributed by atoms with Gasteiger partial charge in [0.25, 0.3) is 0 Å². The van der Waals surface area contributed by atoms with Crippen LogP contribution < -0.4 is 0 Å². The quantitative estimate of drug-likeness (QED) is 0.603. The molecule has 2 atom stereocenters. The molecule has 0 aliphatic heterocycles. The molecule has 0 amide bonds. The maximum atomic E-state index is 2.64. The first-order valence-corrected chi connectivity index (χ1v) is 4.92. The van der Waals surface area contributed by atoms with E-state index < -0.39 is 0 Å². The van der Waals surface area contributed by atoms with Crippen LogP contribution in [-0.2, 0) is 0 Å². The Labute approximate surface area is 70.8 Å². The van der Waals surface area contributed by atoms with Gasteiger partial charge in [0.15, 0.2) is 0 Å². The van der Waals surface area contributed by atoms with Crippen LogP contribution in [0.5, 0.6) is 0 Å². The molecule has 1 nitrogen and oxygen atoms in total. The Morgan fingerprint density at radius 2 is 2.00 bits per heavy atom. The van der Waals surface area contributed by atoms with Gasteiger partial charge in [0.2, 0.25) is 0 Å². The molecule has 1 aliphatic carbocycles. The molecule has 11 heavy (non-hydrogen) atoms. The lowest BCUT2D eigenvalue weighted by atomic mass is 10.2. The molecule has 0 radical (unpaired) electrons. The minimum absolute atomic E-state index is 0.741. The van der Waals surface area contributed by atoms with Gasteiger partial charge >= 0.3 is 0 Å². The molecule has 1 aliphatic rings. The van der Waals surface area contributed by atoms with Gasteiger partial charge in [-0.3, -0.25) is 4.90 Å². The van der Waals surface area contributed by atoms with E-state index >= 15 is 0 Å². The Morgan fingerprint density at radius 1 is 1.45 bits per heavy atom. The van der Waals surface area contributed by atoms with Crippen LogP contribution in [0.3, 0.4) is 0 Å². The van der Waals surface area contributed by atoms with Crippen LogP contribution in [0.4, 0.5) is 0 Å². The standard InChI is InChI=1S/C10H21N/c1-5-6-11(8(2)3)10-7-9(10)4/h8-10H,5-7H2,1-4H3. The van der Waals surface area contributed by atoms with Crippen molar-refractivity contribution in [3.63, 3.8) is 0 Å². The molecule has 2 unspecified atom stereocenters. The molecule has 0 heterocycles. The second-order valence-electron chi connectivity index (χ2n) is 4.11. The van der Waals surface area contributed by atoms with Crippen LogP contribution in [0, 0.1) is 5.92 Å². The zero-order valence-corrected chi connectivity index (χ0v) is 8.30. The first kappa shape index (κ1) is 9.05. The summed E-state index contributed by atoms with van der Waals surface area (Å²) in [7, 11) is 0. The molecule has 0 bridgehead atoms. The molecule has 1 fully saturated rings. The van der Waals surface area contributed by atoms with Crippen molar-refractivity contribution < 1.29 is 0 Å². The van der Waals surface area contributed by atoms with E-state index in [0.29, 0.717) is 0 Å². The third-order valence-electron chi connectivity index (χ3n) is 2.64. The first-order chi connectivity index (χ1) is 5.16. The number of hydrogen-bond acceptors (Lipinski definition) is 1. The Bertz CT molecular complexity index is 120. The minimum atomic E-state index is 0.741. The van der Waals surface area contributed by atoms with Crippen molar-refractivity contribution in [3.8, 4) is 0 Å². The molecule has 0 saturated heterocycles. The van der Waals surface area contributed by atoms with Gasteiger partial charge in [-0.05, 0) is 39.2 Å². The maximum absolute atomic E-state index is 2.64. The minimum Gasteiger partial charge on any atom is -0.298 e. The second kappa shape index (κ2) is 3.57. The van der Waals surface area contributed by atoms with Crippen molar-refractivity contribution in [1.82, 2.24) is 4.90 Å². The predicted octanol–water partition coefficient (Wildman–Crippen LogP) is 2.52. The van der Waals surface area contributed by atoms with Crippen molar-refractivity contribution in [2.75, 3.05) is 6.54 Å². The molecule has 1 saturated carbocycles. The molecule has 1 rings (SSSR count). The average molecular weight is 155 g/mol. The third kappa shape index (κ3) is 2.19. The molecule has 1 heteroatoms.